The van der Waals surface area contributed by atoms with E-state index in [4.69, 9.17) is 47.4 Å². The summed E-state index contributed by atoms with van der Waals surface area (Å²) in [6.07, 6.45) is -2.38. The van der Waals surface area contributed by atoms with Gasteiger partial charge in [0.2, 0.25) is 5.91 Å². The molecule has 12 atom stereocenters. The van der Waals surface area contributed by atoms with Gasteiger partial charge in [0.25, 0.3) is 11.8 Å². The van der Waals surface area contributed by atoms with Crippen molar-refractivity contribution in [3.63, 3.8) is 0 Å². The lowest BCUT2D eigenvalue weighted by Crippen LogP contribution is -2.71. The van der Waals surface area contributed by atoms with E-state index in [1.165, 1.54) is 20.8 Å². The number of hydrogen-bond donors (Lipinski definition) is 3. The van der Waals surface area contributed by atoms with E-state index in [-0.39, 0.29) is 77.9 Å². The maximum atomic E-state index is 17.4. The first-order valence-electron chi connectivity index (χ1n) is 39.4. The summed E-state index contributed by atoms with van der Waals surface area (Å²) in [5.74, 6) is -8.97. The molecule has 0 aromatic heterocycles. The third-order valence-electron chi connectivity index (χ3n) is 21.2. The normalized spacial score (nSPS) is 21.6. The molecule has 113 heavy (non-hydrogen) atoms. The summed E-state index contributed by atoms with van der Waals surface area (Å²) in [6.45, 7) is 8.46. The van der Waals surface area contributed by atoms with Gasteiger partial charge in [-0.2, -0.15) is 0 Å². The van der Waals surface area contributed by atoms with Gasteiger partial charge in [0, 0.05) is 25.3 Å². The molecule has 8 aromatic rings. The molecule has 608 valence electrons. The first-order chi connectivity index (χ1) is 54.7. The number of esters is 2. The maximum absolute atomic E-state index is 17.4. The number of unbranched alkanes of at least 4 members (excludes halogenated alkanes) is 2. The zero-order chi connectivity index (χ0) is 80.3. The number of nitrogens with zero attached hydrogens (tertiary/aromatic N) is 1. The van der Waals surface area contributed by atoms with Crippen LogP contribution in [0.5, 0.6) is 0 Å². The molecule has 21 heteroatoms. The molecule has 8 aromatic carbocycles. The van der Waals surface area contributed by atoms with Gasteiger partial charge in [0.1, 0.15) is 37.5 Å². The van der Waals surface area contributed by atoms with Crippen molar-refractivity contribution in [1.29, 1.82) is 0 Å². The highest BCUT2D eigenvalue weighted by molar-refractivity contribution is 5.76. The summed E-state index contributed by atoms with van der Waals surface area (Å²) >= 11 is 0. The summed E-state index contributed by atoms with van der Waals surface area (Å²) in [7, 11) is 3.39. The van der Waals surface area contributed by atoms with Crippen LogP contribution >= 0.6 is 0 Å². The number of halogens is 4. The minimum atomic E-state index is -3.61. The predicted octanol–water partition coefficient (Wildman–Crippen LogP) is 16.0. The standard InChI is InChI=1S/C47H58F2N2O7.C45H56F2N2O6/c1-35-42(33-54-29-37-19-9-5-10-20-37)58-46(3,44(56-31-39-23-13-7-14-24-39)43(35)55-30-38-21-11-6-12-22-38)47(48,49)34-51(36(2)52)28-18-17-27-41(50-4)45(53)57-32-40-25-15-8-16-26-40;1-34-40(32-51-28-35-18-8-4-9-19-35)55-44(2,42(53-30-37-22-12-6-13-23-37)41(34)52-29-36-20-10-5-11-21-36)45(46,47)33-49-27-17-16-26-39(48-3)43(50)54-31-38-24-14-7-15-25-38/h5-16,19-26,35,41-44,50H,17-18,27-34H2,1-4H3;4-15,18-25,34,39-42,48-49H,16-17,26-33H2,1-3H3/t35-,41-,42+,43-,44+,46+;34-,39-,40+,41-,42+,44+/m00/s1. The lowest BCUT2D eigenvalue weighted by Gasteiger charge is -2.54. The second kappa shape index (κ2) is 45.5. The minimum absolute atomic E-state index is 0.0369. The quantitative estimate of drug-likeness (QED) is 0.0186. The topological polar surface area (TPSA) is 183 Å². The minimum Gasteiger partial charge on any atom is -0.460 e. The fourth-order valence-corrected chi connectivity index (χ4v) is 14.1. The number of ether oxygens (including phenoxy) is 10. The third-order valence-corrected chi connectivity index (χ3v) is 21.2. The molecule has 3 N–H and O–H groups in total. The van der Waals surface area contributed by atoms with Crippen molar-refractivity contribution < 1.29 is 79.3 Å². The lowest BCUT2D eigenvalue weighted by atomic mass is 9.77. The van der Waals surface area contributed by atoms with E-state index in [1.54, 1.807) is 14.1 Å². The van der Waals surface area contributed by atoms with E-state index < -0.39 is 103 Å². The van der Waals surface area contributed by atoms with Crippen molar-refractivity contribution >= 4 is 17.8 Å². The average Bonchev–Trinajstić information content (AvgIpc) is 0.727. The van der Waals surface area contributed by atoms with Gasteiger partial charge in [-0.1, -0.05) is 263 Å². The highest BCUT2D eigenvalue weighted by atomic mass is 19.3. The smallest absolute Gasteiger partial charge is 0.323 e. The molecule has 2 saturated heterocycles. The maximum Gasteiger partial charge on any atom is 0.323 e. The van der Waals surface area contributed by atoms with E-state index in [1.807, 2.05) is 257 Å². The molecule has 1 amide bonds. The van der Waals surface area contributed by atoms with Gasteiger partial charge in [0.05, 0.1) is 90.4 Å². The molecule has 0 spiro atoms. The Morgan fingerprint density at radius 2 is 0.726 bits per heavy atom. The summed E-state index contributed by atoms with van der Waals surface area (Å²) in [4.78, 5) is 39.7. The molecule has 0 unspecified atom stereocenters. The van der Waals surface area contributed by atoms with Gasteiger partial charge in [-0.3, -0.25) is 14.4 Å². The van der Waals surface area contributed by atoms with Crippen molar-refractivity contribution in [2.24, 2.45) is 11.8 Å². The number of carbonyl (C=O) groups is 3. The zero-order valence-electron chi connectivity index (χ0n) is 66.3. The monoisotopic (exact) mass is 1560 g/mol. The number of carbonyl (C=O) groups excluding carboxylic acids is 3. The number of hydrogen-bond acceptors (Lipinski definition) is 16. The molecule has 17 nitrogen and oxygen atoms in total. The van der Waals surface area contributed by atoms with Gasteiger partial charge in [-0.05, 0) is 111 Å². The summed E-state index contributed by atoms with van der Waals surface area (Å²) < 4.78 is 131. The number of rotatable bonds is 44. The van der Waals surface area contributed by atoms with Crippen molar-refractivity contribution in [2.45, 2.75) is 198 Å². The van der Waals surface area contributed by atoms with E-state index in [0.717, 1.165) is 49.4 Å². The molecule has 2 aliphatic heterocycles. The van der Waals surface area contributed by atoms with Gasteiger partial charge >= 0.3 is 11.9 Å². The summed E-state index contributed by atoms with van der Waals surface area (Å²) in [5, 5.41) is 8.99. The van der Waals surface area contributed by atoms with Crippen LogP contribution in [0, 0.1) is 11.8 Å². The molecule has 10 rings (SSSR count). The van der Waals surface area contributed by atoms with Crippen LogP contribution in [0.4, 0.5) is 17.6 Å². The van der Waals surface area contributed by atoms with E-state index in [0.29, 0.717) is 51.7 Å². The second-order valence-electron chi connectivity index (χ2n) is 29.6. The number of nitrogens with one attached hydrogen (secondary N) is 3. The fraction of sp³-hybridized carbons (Fsp3) is 0.446. The molecule has 0 saturated carbocycles. The Morgan fingerprint density at radius 3 is 1.05 bits per heavy atom. The van der Waals surface area contributed by atoms with Crippen molar-refractivity contribution in [2.75, 3.05) is 53.5 Å². The van der Waals surface area contributed by atoms with Gasteiger partial charge in [-0.15, -0.1) is 0 Å². The first-order valence-corrected chi connectivity index (χ1v) is 39.4. The molecule has 2 aliphatic rings. The largest absolute Gasteiger partial charge is 0.460 e. The van der Waals surface area contributed by atoms with Crippen LogP contribution in [-0.4, -0.2) is 148 Å². The average molecular weight is 1560 g/mol. The van der Waals surface area contributed by atoms with Crippen molar-refractivity contribution in [3.05, 3.63) is 287 Å². The van der Waals surface area contributed by atoms with Gasteiger partial charge in [-0.25, -0.2) is 17.6 Å². The van der Waals surface area contributed by atoms with Crippen LogP contribution in [-0.2, 0) is 115 Å². The van der Waals surface area contributed by atoms with Crippen LogP contribution in [0.25, 0.3) is 0 Å². The first kappa shape index (κ1) is 88.4. The Kier molecular flexibility index (Phi) is 35.6. The Bertz CT molecular complexity index is 3990. The SMILES string of the molecule is CN[C@@H](CCCCN(CC(F)(F)[C@]1(C)O[C@H](COCc2ccccc2)[C@H](C)[C@H](OCc2ccccc2)[C@H]1OCc1ccccc1)C(C)=O)C(=O)OCc1ccccc1.CN[C@@H](CCCCNCC(F)(F)[C@]1(C)O[C@H](COCc2ccccc2)[C@H](C)[C@H](OCc2ccccc2)[C@H]1OCc1ccccc1)C(=O)OCc1ccccc1. The molecule has 0 bridgehead atoms. The Morgan fingerprint density at radius 1 is 0.425 bits per heavy atom. The van der Waals surface area contributed by atoms with Crippen LogP contribution in [0.2, 0.25) is 0 Å². The van der Waals surface area contributed by atoms with E-state index >= 15 is 17.6 Å². The number of alkyl halides is 4. The lowest BCUT2D eigenvalue weighted by molar-refractivity contribution is -0.336. The third kappa shape index (κ3) is 26.8. The van der Waals surface area contributed by atoms with Crippen LogP contribution in [0.15, 0.2) is 243 Å². The highest BCUT2D eigenvalue weighted by Crippen LogP contribution is 2.48. The number of likely N-dealkylation sites (N-methyl/N-ethyl adjacent to an activating group) is 2. The Balaban J connectivity index is 0.000000259. The van der Waals surface area contributed by atoms with Crippen LogP contribution < -0.4 is 16.0 Å². The predicted molar refractivity (Wildman–Crippen MR) is 428 cm³/mol. The molecular formula is C92H114F4N4O13. The fourth-order valence-electron chi connectivity index (χ4n) is 14.1. The van der Waals surface area contributed by atoms with E-state index in [2.05, 4.69) is 16.0 Å². The zero-order valence-corrected chi connectivity index (χ0v) is 66.3. The van der Waals surface area contributed by atoms with Gasteiger partial charge < -0.3 is 68.2 Å². The number of amides is 1. The molecule has 0 aliphatic carbocycles. The van der Waals surface area contributed by atoms with Crippen LogP contribution in [0.1, 0.15) is 118 Å². The summed E-state index contributed by atoms with van der Waals surface area (Å²) in [5.41, 5.74) is 2.88. The van der Waals surface area contributed by atoms with Crippen molar-refractivity contribution in [3.8, 4) is 0 Å². The molecule has 2 fully saturated rings. The second-order valence-corrected chi connectivity index (χ2v) is 29.6. The van der Waals surface area contributed by atoms with Gasteiger partial charge in [0.15, 0.2) is 11.2 Å². The molecule has 2 heterocycles. The Hall–Kier alpha value is -8.55. The molecular weight excluding hydrogens is 1450 g/mol. The van der Waals surface area contributed by atoms with E-state index in [9.17, 15) is 14.4 Å². The summed E-state index contributed by atoms with van der Waals surface area (Å²) in [6, 6.07) is 75.3. The number of benzene rings is 8. The van der Waals surface area contributed by atoms with Crippen molar-refractivity contribution in [1.82, 2.24) is 20.9 Å². The highest BCUT2D eigenvalue weighted by Gasteiger charge is 2.66. The van der Waals surface area contributed by atoms with Crippen LogP contribution in [0.3, 0.4) is 0 Å². The Labute approximate surface area is 665 Å². The molecule has 0 radical (unpaired) electrons.